The molecule has 4 aromatic rings. The molecule has 0 saturated carbocycles. The number of rotatable bonds is 3. The Morgan fingerprint density at radius 2 is 1.27 bits per heavy atom. The lowest BCUT2D eigenvalue weighted by Crippen LogP contribution is -2.29. The molecule has 0 bridgehead atoms. The van der Waals surface area contributed by atoms with Crippen LogP contribution in [0, 0.1) is 0 Å². The monoisotopic (exact) mass is 340 g/mol. The normalized spacial score (nSPS) is 10.7. The fraction of sp³-hybridized carbons (Fsp3) is 0. The van der Waals surface area contributed by atoms with Gasteiger partial charge in [0, 0.05) is 16.7 Å². The van der Waals surface area contributed by atoms with Crippen LogP contribution in [0.15, 0.2) is 78.9 Å². The molecule has 3 aromatic carbocycles. The number of carbonyl (C=O) groups excluding carboxylic acids is 1. The van der Waals surface area contributed by atoms with Gasteiger partial charge in [-0.25, -0.2) is 15.8 Å². The molecule has 5 nitrogen and oxygen atoms in total. The molecule has 0 fully saturated rings. The number of hydrazine groups is 1. The molecule has 126 valence electrons. The molecule has 0 saturated heterocycles. The van der Waals surface area contributed by atoms with E-state index in [9.17, 15) is 4.79 Å². The van der Waals surface area contributed by atoms with Crippen molar-refractivity contribution >= 4 is 16.9 Å². The lowest BCUT2D eigenvalue weighted by molar-refractivity contribution is 0.0954. The van der Waals surface area contributed by atoms with E-state index in [0.29, 0.717) is 11.1 Å². The van der Waals surface area contributed by atoms with Gasteiger partial charge in [-0.3, -0.25) is 10.2 Å². The Morgan fingerprint density at radius 1 is 0.731 bits per heavy atom. The number of nitrogens with one attached hydrogen (secondary N) is 1. The van der Waals surface area contributed by atoms with Crippen molar-refractivity contribution in [3.05, 3.63) is 84.4 Å². The molecule has 0 aliphatic rings. The van der Waals surface area contributed by atoms with E-state index < -0.39 is 0 Å². The second-order valence-electron chi connectivity index (χ2n) is 5.83. The highest BCUT2D eigenvalue weighted by Gasteiger charge is 2.14. The van der Waals surface area contributed by atoms with E-state index in [-0.39, 0.29) is 5.91 Å². The zero-order valence-electron chi connectivity index (χ0n) is 13.9. The minimum absolute atomic E-state index is 0.359. The van der Waals surface area contributed by atoms with Crippen LogP contribution < -0.4 is 11.3 Å². The van der Waals surface area contributed by atoms with Gasteiger partial charge < -0.3 is 0 Å². The fourth-order valence-corrected chi connectivity index (χ4v) is 2.87. The molecule has 5 heteroatoms. The number of carbonyl (C=O) groups is 1. The van der Waals surface area contributed by atoms with Crippen molar-refractivity contribution in [1.82, 2.24) is 15.4 Å². The van der Waals surface area contributed by atoms with Crippen LogP contribution in [0.5, 0.6) is 0 Å². The van der Waals surface area contributed by atoms with E-state index in [2.05, 4.69) is 5.43 Å². The van der Waals surface area contributed by atoms with Gasteiger partial charge in [0.05, 0.1) is 22.4 Å². The lowest BCUT2D eigenvalue weighted by atomic mass is 10.0. The average molecular weight is 340 g/mol. The summed E-state index contributed by atoms with van der Waals surface area (Å²) in [6, 6.07) is 25.0. The summed E-state index contributed by atoms with van der Waals surface area (Å²) in [5, 5.41) is 0. The third-order valence-corrected chi connectivity index (χ3v) is 4.15. The van der Waals surface area contributed by atoms with Crippen molar-refractivity contribution in [2.45, 2.75) is 0 Å². The molecule has 0 atom stereocenters. The summed E-state index contributed by atoms with van der Waals surface area (Å²) in [6.45, 7) is 0. The molecular weight excluding hydrogens is 324 g/mol. The van der Waals surface area contributed by atoms with Crippen LogP contribution in [0.25, 0.3) is 33.5 Å². The zero-order valence-corrected chi connectivity index (χ0v) is 13.9. The maximum atomic E-state index is 11.8. The maximum absolute atomic E-state index is 11.8. The van der Waals surface area contributed by atoms with Gasteiger partial charge in [-0.2, -0.15) is 0 Å². The third kappa shape index (κ3) is 2.92. The summed E-state index contributed by atoms with van der Waals surface area (Å²) < 4.78 is 0. The fourth-order valence-electron chi connectivity index (χ4n) is 2.87. The van der Waals surface area contributed by atoms with Gasteiger partial charge in [0.25, 0.3) is 5.91 Å². The summed E-state index contributed by atoms with van der Waals surface area (Å²) >= 11 is 0. The molecule has 0 radical (unpaired) electrons. The van der Waals surface area contributed by atoms with Crippen molar-refractivity contribution in [2.75, 3.05) is 0 Å². The summed E-state index contributed by atoms with van der Waals surface area (Å²) in [6.07, 6.45) is 0. The number of fused-ring (bicyclic) bond motifs is 1. The van der Waals surface area contributed by atoms with Crippen molar-refractivity contribution in [1.29, 1.82) is 0 Å². The van der Waals surface area contributed by atoms with E-state index >= 15 is 0 Å². The van der Waals surface area contributed by atoms with Crippen molar-refractivity contribution in [3.63, 3.8) is 0 Å². The second kappa shape index (κ2) is 6.74. The minimum Gasteiger partial charge on any atom is -0.290 e. The van der Waals surface area contributed by atoms with Crippen molar-refractivity contribution < 1.29 is 4.79 Å². The number of nitrogens with two attached hydrogens (primary N) is 1. The van der Waals surface area contributed by atoms with E-state index in [4.69, 9.17) is 15.8 Å². The molecule has 3 N–H and O–H groups in total. The van der Waals surface area contributed by atoms with E-state index in [1.807, 2.05) is 60.7 Å². The number of benzene rings is 3. The Morgan fingerprint density at radius 3 is 1.81 bits per heavy atom. The molecule has 0 spiro atoms. The maximum Gasteiger partial charge on any atom is 0.265 e. The van der Waals surface area contributed by atoms with Crippen LogP contribution in [-0.4, -0.2) is 15.9 Å². The first-order valence-corrected chi connectivity index (χ1v) is 8.20. The summed E-state index contributed by atoms with van der Waals surface area (Å²) in [7, 11) is 0. The van der Waals surface area contributed by atoms with Gasteiger partial charge in [0.2, 0.25) is 0 Å². The van der Waals surface area contributed by atoms with Crippen LogP contribution in [0.4, 0.5) is 0 Å². The van der Waals surface area contributed by atoms with E-state index in [0.717, 1.165) is 28.0 Å². The summed E-state index contributed by atoms with van der Waals surface area (Å²) in [4.78, 5) is 21.5. The molecule has 0 aliphatic carbocycles. The molecule has 0 unspecified atom stereocenters. The predicted molar refractivity (Wildman–Crippen MR) is 102 cm³/mol. The van der Waals surface area contributed by atoms with Crippen molar-refractivity contribution in [2.24, 2.45) is 5.84 Å². The Hall–Kier alpha value is -3.57. The van der Waals surface area contributed by atoms with Gasteiger partial charge in [-0.15, -0.1) is 0 Å². The number of aromatic nitrogens is 2. The zero-order chi connectivity index (χ0) is 17.9. The van der Waals surface area contributed by atoms with Gasteiger partial charge in [0.1, 0.15) is 0 Å². The highest BCUT2D eigenvalue weighted by atomic mass is 16.2. The first-order valence-electron chi connectivity index (χ1n) is 8.20. The molecule has 1 aromatic heterocycles. The Balaban J connectivity index is 1.98. The van der Waals surface area contributed by atoms with Gasteiger partial charge in [-0.05, 0) is 18.2 Å². The molecule has 1 amide bonds. The van der Waals surface area contributed by atoms with Gasteiger partial charge in [-0.1, -0.05) is 60.7 Å². The summed E-state index contributed by atoms with van der Waals surface area (Å²) in [5.41, 5.74) is 7.49. The van der Waals surface area contributed by atoms with Crippen molar-refractivity contribution in [3.8, 4) is 22.5 Å². The van der Waals surface area contributed by atoms with Crippen LogP contribution in [-0.2, 0) is 0 Å². The predicted octanol–water partition coefficient (Wildman–Crippen LogP) is 3.57. The van der Waals surface area contributed by atoms with Gasteiger partial charge >= 0.3 is 0 Å². The van der Waals surface area contributed by atoms with Crippen LogP contribution in [0.1, 0.15) is 10.4 Å². The molecule has 1 heterocycles. The molecule has 4 rings (SSSR count). The largest absolute Gasteiger partial charge is 0.290 e. The average Bonchev–Trinajstić information content (AvgIpc) is 2.73. The quantitative estimate of drug-likeness (QED) is 0.339. The number of nitrogen functional groups attached to an aromatic ring is 1. The van der Waals surface area contributed by atoms with E-state index in [1.165, 1.54) is 0 Å². The number of hydrogen-bond donors (Lipinski definition) is 2. The molecular formula is C21H16N4O. The van der Waals surface area contributed by atoms with Crippen LogP contribution in [0.3, 0.4) is 0 Å². The number of nitrogens with zero attached hydrogens (tertiary/aromatic N) is 2. The van der Waals surface area contributed by atoms with Crippen LogP contribution >= 0.6 is 0 Å². The highest BCUT2D eigenvalue weighted by Crippen LogP contribution is 2.30. The SMILES string of the molecule is NNC(=O)c1ccc2nc(-c3ccccc3)c(-c3ccccc3)nc2c1. The Labute approximate surface area is 150 Å². The Kier molecular flexibility index (Phi) is 4.13. The lowest BCUT2D eigenvalue weighted by Gasteiger charge is -2.11. The van der Waals surface area contributed by atoms with E-state index in [1.54, 1.807) is 18.2 Å². The second-order valence-corrected chi connectivity index (χ2v) is 5.83. The third-order valence-electron chi connectivity index (χ3n) is 4.15. The smallest absolute Gasteiger partial charge is 0.265 e. The van der Waals surface area contributed by atoms with Crippen LogP contribution in [0.2, 0.25) is 0 Å². The first kappa shape index (κ1) is 15.9. The topological polar surface area (TPSA) is 80.9 Å². The first-order chi connectivity index (χ1) is 12.8. The standard InChI is InChI=1S/C21H16N4O/c22-25-21(26)16-11-12-17-18(13-16)24-20(15-9-5-2-6-10-15)19(23-17)14-7-3-1-4-8-14/h1-13H,22H2,(H,25,26). The van der Waals surface area contributed by atoms with Gasteiger partial charge in [0.15, 0.2) is 0 Å². The molecule has 26 heavy (non-hydrogen) atoms. The molecule has 0 aliphatic heterocycles. The minimum atomic E-state index is -0.359. The summed E-state index contributed by atoms with van der Waals surface area (Å²) in [5.74, 6) is 4.87. The number of hydrogen-bond acceptors (Lipinski definition) is 4. The Bertz CT molecular complexity index is 1080. The highest BCUT2D eigenvalue weighted by molar-refractivity contribution is 5.97. The number of amides is 1.